The van der Waals surface area contributed by atoms with Crippen LogP contribution in [0.3, 0.4) is 0 Å². The van der Waals surface area contributed by atoms with Crippen LogP contribution >= 0.6 is 35.3 Å². The number of halogens is 1. The molecule has 1 unspecified atom stereocenters. The van der Waals surface area contributed by atoms with Gasteiger partial charge in [0.2, 0.25) is 0 Å². The van der Waals surface area contributed by atoms with E-state index in [-0.39, 0.29) is 35.6 Å². The van der Waals surface area contributed by atoms with Crippen LogP contribution in [0.4, 0.5) is 5.13 Å². The molecule has 6 nitrogen and oxygen atoms in total. The molecular formula is C21H30IN5OS. The van der Waals surface area contributed by atoms with Crippen molar-refractivity contribution in [1.29, 1.82) is 0 Å². The number of hydrogen-bond donors (Lipinski definition) is 2. The lowest BCUT2D eigenvalue weighted by atomic mass is 9.86. The molecule has 1 spiro atoms. The van der Waals surface area contributed by atoms with E-state index in [2.05, 4.69) is 50.3 Å². The number of nitrogens with zero attached hydrogens (tertiary/aromatic N) is 3. The maximum Gasteiger partial charge on any atom is 0.191 e. The van der Waals surface area contributed by atoms with Crippen LogP contribution in [0, 0.1) is 0 Å². The number of hydrogen-bond acceptors (Lipinski definition) is 5. The molecule has 1 aliphatic heterocycles. The van der Waals surface area contributed by atoms with Crippen LogP contribution < -0.4 is 20.3 Å². The lowest BCUT2D eigenvalue weighted by molar-refractivity contribution is 0.0396. The Balaban J connectivity index is 0.00000240. The molecule has 2 heterocycles. The standard InChI is InChI=1S/C21H29N5OS.HI/c1-22-19(23-13-15-14-28-20(24-15)26(2)3)25-17-12-21(10-6-7-11-21)27-18-9-5-4-8-16(17)18;/h4-5,8-9,14,17H,6-7,10-13H2,1-3H3,(H2,22,23,25);1H. The normalized spacial score (nSPS) is 19.8. The number of guanidine groups is 1. The molecule has 1 aliphatic carbocycles. The summed E-state index contributed by atoms with van der Waals surface area (Å²) in [5.41, 5.74) is 2.21. The quantitative estimate of drug-likeness (QED) is 0.352. The first-order chi connectivity index (χ1) is 13.6. The summed E-state index contributed by atoms with van der Waals surface area (Å²) in [4.78, 5) is 11.1. The van der Waals surface area contributed by atoms with E-state index >= 15 is 0 Å². The average Bonchev–Trinajstić information content (AvgIpc) is 3.35. The summed E-state index contributed by atoms with van der Waals surface area (Å²) in [7, 11) is 5.84. The highest BCUT2D eigenvalue weighted by Crippen LogP contribution is 2.46. The van der Waals surface area contributed by atoms with Gasteiger partial charge in [-0.3, -0.25) is 4.99 Å². The Morgan fingerprint density at radius 3 is 2.76 bits per heavy atom. The zero-order chi connectivity index (χ0) is 19.6. The third-order valence-electron chi connectivity index (χ3n) is 5.61. The Labute approximate surface area is 194 Å². The van der Waals surface area contributed by atoms with Gasteiger partial charge in [-0.1, -0.05) is 18.2 Å². The van der Waals surface area contributed by atoms with E-state index in [1.165, 1.54) is 18.4 Å². The number of ether oxygens (including phenoxy) is 1. The largest absolute Gasteiger partial charge is 0.487 e. The molecule has 1 aromatic carbocycles. The molecule has 4 rings (SSSR count). The maximum atomic E-state index is 6.47. The maximum absolute atomic E-state index is 6.47. The molecule has 1 fully saturated rings. The molecule has 8 heteroatoms. The van der Waals surface area contributed by atoms with Crippen molar-refractivity contribution in [1.82, 2.24) is 15.6 Å². The van der Waals surface area contributed by atoms with Crippen LogP contribution in [0.5, 0.6) is 5.75 Å². The first-order valence-corrected chi connectivity index (χ1v) is 10.8. The molecule has 0 saturated heterocycles. The smallest absolute Gasteiger partial charge is 0.191 e. The van der Waals surface area contributed by atoms with E-state index < -0.39 is 0 Å². The highest BCUT2D eigenvalue weighted by atomic mass is 127. The monoisotopic (exact) mass is 527 g/mol. The van der Waals surface area contributed by atoms with Gasteiger partial charge in [0.05, 0.1) is 18.3 Å². The van der Waals surface area contributed by atoms with Gasteiger partial charge < -0.3 is 20.3 Å². The van der Waals surface area contributed by atoms with Gasteiger partial charge in [-0.05, 0) is 31.7 Å². The number of fused-ring (bicyclic) bond motifs is 1. The van der Waals surface area contributed by atoms with Gasteiger partial charge in [-0.2, -0.15) is 0 Å². The Hall–Kier alpha value is -1.55. The molecule has 1 aromatic heterocycles. The van der Waals surface area contributed by atoms with Crippen molar-refractivity contribution in [2.45, 2.75) is 50.3 Å². The highest BCUT2D eigenvalue weighted by Gasteiger charge is 2.43. The van der Waals surface area contributed by atoms with Gasteiger partial charge in [-0.25, -0.2) is 4.98 Å². The molecule has 0 bridgehead atoms. The van der Waals surface area contributed by atoms with Gasteiger partial charge in [0.15, 0.2) is 11.1 Å². The Morgan fingerprint density at radius 2 is 2.07 bits per heavy atom. The fraction of sp³-hybridized carbons (Fsp3) is 0.524. The number of para-hydroxylation sites is 1. The molecule has 1 saturated carbocycles. The van der Waals surface area contributed by atoms with E-state index in [9.17, 15) is 0 Å². The van der Waals surface area contributed by atoms with Gasteiger partial charge in [-0.15, -0.1) is 35.3 Å². The van der Waals surface area contributed by atoms with E-state index in [1.807, 2.05) is 26.0 Å². The van der Waals surface area contributed by atoms with Crippen molar-refractivity contribution in [2.75, 3.05) is 26.0 Å². The first-order valence-electron chi connectivity index (χ1n) is 9.95. The predicted octanol–water partition coefficient (Wildman–Crippen LogP) is 4.33. The minimum Gasteiger partial charge on any atom is -0.487 e. The van der Waals surface area contributed by atoms with Crippen LogP contribution in [0.2, 0.25) is 0 Å². The minimum absolute atomic E-state index is 0. The second-order valence-electron chi connectivity index (χ2n) is 7.87. The minimum atomic E-state index is -0.0274. The summed E-state index contributed by atoms with van der Waals surface area (Å²) >= 11 is 1.65. The highest BCUT2D eigenvalue weighted by molar-refractivity contribution is 14.0. The molecule has 0 radical (unpaired) electrons. The number of aromatic nitrogens is 1. The molecule has 2 N–H and O–H groups in total. The SMILES string of the molecule is CN=C(NCc1csc(N(C)C)n1)NC1CC2(CCCC2)Oc2ccccc21.I. The van der Waals surface area contributed by atoms with E-state index in [0.717, 1.165) is 41.8 Å². The second-order valence-corrected chi connectivity index (χ2v) is 8.71. The van der Waals surface area contributed by atoms with Crippen molar-refractivity contribution in [3.05, 3.63) is 40.9 Å². The van der Waals surface area contributed by atoms with Gasteiger partial charge >= 0.3 is 0 Å². The van der Waals surface area contributed by atoms with Crippen LogP contribution in [0.25, 0.3) is 0 Å². The van der Waals surface area contributed by atoms with Crippen LogP contribution in [-0.2, 0) is 6.54 Å². The zero-order valence-electron chi connectivity index (χ0n) is 17.3. The fourth-order valence-electron chi connectivity index (χ4n) is 4.19. The van der Waals surface area contributed by atoms with Gasteiger partial charge in [0, 0.05) is 38.5 Å². The summed E-state index contributed by atoms with van der Waals surface area (Å²) < 4.78 is 6.47. The zero-order valence-corrected chi connectivity index (χ0v) is 20.4. The van der Waals surface area contributed by atoms with Gasteiger partial charge in [0.25, 0.3) is 0 Å². The van der Waals surface area contributed by atoms with Gasteiger partial charge in [0.1, 0.15) is 11.4 Å². The number of thiazole rings is 1. The first kappa shape index (κ1) is 22.1. The molecule has 29 heavy (non-hydrogen) atoms. The average molecular weight is 527 g/mol. The number of benzene rings is 1. The van der Waals surface area contributed by atoms with Crippen LogP contribution in [0.15, 0.2) is 34.6 Å². The fourth-order valence-corrected chi connectivity index (χ4v) is 4.95. The lowest BCUT2D eigenvalue weighted by Crippen LogP contribution is -2.46. The van der Waals surface area contributed by atoms with Crippen molar-refractivity contribution in [2.24, 2.45) is 4.99 Å². The van der Waals surface area contributed by atoms with Crippen LogP contribution in [-0.4, -0.2) is 37.7 Å². The summed E-state index contributed by atoms with van der Waals surface area (Å²) in [6.45, 7) is 0.653. The van der Waals surface area contributed by atoms with E-state index in [4.69, 9.17) is 4.74 Å². The summed E-state index contributed by atoms with van der Waals surface area (Å²) in [5.74, 6) is 1.81. The number of rotatable bonds is 4. The van der Waals surface area contributed by atoms with Crippen molar-refractivity contribution < 1.29 is 4.74 Å². The Bertz CT molecular complexity index is 847. The number of aliphatic imine (C=N–C) groups is 1. The lowest BCUT2D eigenvalue weighted by Gasteiger charge is -2.40. The van der Waals surface area contributed by atoms with Crippen molar-refractivity contribution in [3.63, 3.8) is 0 Å². The topological polar surface area (TPSA) is 61.8 Å². The molecule has 2 aromatic rings. The van der Waals surface area contributed by atoms with Crippen LogP contribution in [0.1, 0.15) is 49.4 Å². The molecule has 2 aliphatic rings. The molecule has 0 amide bonds. The molecule has 1 atom stereocenters. The summed E-state index contributed by atoms with van der Waals surface area (Å²) in [6.07, 6.45) is 5.75. The number of nitrogens with one attached hydrogen (secondary N) is 2. The predicted molar refractivity (Wildman–Crippen MR) is 131 cm³/mol. The summed E-state index contributed by atoms with van der Waals surface area (Å²) in [6, 6.07) is 8.59. The Kier molecular flexibility index (Phi) is 7.26. The molecule has 158 valence electrons. The molecular weight excluding hydrogens is 497 g/mol. The van der Waals surface area contributed by atoms with Crippen molar-refractivity contribution >= 4 is 46.4 Å². The third-order valence-corrected chi connectivity index (χ3v) is 6.66. The third kappa shape index (κ3) is 4.96. The Morgan fingerprint density at radius 1 is 1.31 bits per heavy atom. The van der Waals surface area contributed by atoms with Crippen molar-refractivity contribution in [3.8, 4) is 5.75 Å². The van der Waals surface area contributed by atoms with E-state index in [1.54, 1.807) is 11.3 Å². The summed E-state index contributed by atoms with van der Waals surface area (Å²) in [5, 5.41) is 10.2. The second kappa shape index (κ2) is 9.51. The van der Waals surface area contributed by atoms with E-state index in [0.29, 0.717) is 6.54 Å². The number of anilines is 1.